The number of carbonyl (C=O) groups is 3. The van der Waals surface area contributed by atoms with Gasteiger partial charge in [0.15, 0.2) is 0 Å². The summed E-state index contributed by atoms with van der Waals surface area (Å²) < 4.78 is 1.34. The maximum Gasteiger partial charge on any atom is 0.319 e. The molecule has 1 aliphatic heterocycles. The van der Waals surface area contributed by atoms with E-state index >= 15 is 0 Å². The quantitative estimate of drug-likeness (QED) is 0.545. The molecule has 0 saturated carbocycles. The fourth-order valence-electron chi connectivity index (χ4n) is 3.76. The molecule has 9 nitrogen and oxygen atoms in total. The Balaban J connectivity index is 1.54. The van der Waals surface area contributed by atoms with E-state index in [2.05, 4.69) is 20.9 Å². The Kier molecular flexibility index (Phi) is 5.72. The molecular weight excluding hydrogens is 410 g/mol. The second-order valence-electron chi connectivity index (χ2n) is 7.83. The van der Waals surface area contributed by atoms with Gasteiger partial charge in [0.1, 0.15) is 11.9 Å². The van der Waals surface area contributed by atoms with Crippen molar-refractivity contribution in [2.45, 2.75) is 39.3 Å². The predicted molar refractivity (Wildman–Crippen MR) is 119 cm³/mol. The Morgan fingerprint density at radius 2 is 1.88 bits per heavy atom. The Bertz CT molecular complexity index is 1280. The van der Waals surface area contributed by atoms with E-state index in [0.717, 1.165) is 5.56 Å². The first kappa shape index (κ1) is 21.2. The number of aryl methyl sites for hydroxylation is 2. The zero-order valence-electron chi connectivity index (χ0n) is 17.8. The summed E-state index contributed by atoms with van der Waals surface area (Å²) in [5.74, 6) is -0.443. The van der Waals surface area contributed by atoms with Gasteiger partial charge in [-0.25, -0.2) is 9.78 Å². The van der Waals surface area contributed by atoms with Crippen LogP contribution in [0.15, 0.2) is 47.3 Å². The van der Waals surface area contributed by atoms with Gasteiger partial charge in [-0.05, 0) is 50.1 Å². The van der Waals surface area contributed by atoms with E-state index in [-0.39, 0.29) is 36.9 Å². The van der Waals surface area contributed by atoms with Gasteiger partial charge in [-0.2, -0.15) is 0 Å². The van der Waals surface area contributed by atoms with Crippen molar-refractivity contribution in [3.05, 3.63) is 69.8 Å². The minimum atomic E-state index is -0.779. The molecule has 32 heavy (non-hydrogen) atoms. The predicted octanol–water partition coefficient (Wildman–Crippen LogP) is 2.31. The average Bonchev–Trinajstić information content (AvgIpc) is 2.75. The maximum absolute atomic E-state index is 13.2. The van der Waals surface area contributed by atoms with Crippen LogP contribution in [-0.2, 0) is 16.1 Å². The van der Waals surface area contributed by atoms with Crippen molar-refractivity contribution in [3.63, 3.8) is 0 Å². The molecule has 164 valence electrons. The Morgan fingerprint density at radius 1 is 1.12 bits per heavy atom. The van der Waals surface area contributed by atoms with Crippen molar-refractivity contribution in [2.24, 2.45) is 0 Å². The van der Waals surface area contributed by atoms with E-state index in [0.29, 0.717) is 28.0 Å². The van der Waals surface area contributed by atoms with E-state index in [4.69, 9.17) is 0 Å². The molecule has 0 radical (unpaired) electrons. The maximum atomic E-state index is 13.2. The molecule has 2 heterocycles. The second-order valence-corrected chi connectivity index (χ2v) is 7.83. The van der Waals surface area contributed by atoms with Crippen LogP contribution in [0, 0.1) is 13.8 Å². The molecule has 1 aromatic heterocycles. The van der Waals surface area contributed by atoms with Crippen LogP contribution in [0.4, 0.5) is 10.5 Å². The lowest BCUT2D eigenvalue weighted by atomic mass is 10.0. The molecule has 1 aliphatic rings. The lowest BCUT2D eigenvalue weighted by molar-refractivity contribution is -0.135. The van der Waals surface area contributed by atoms with Gasteiger partial charge in [0.05, 0.1) is 10.9 Å². The van der Waals surface area contributed by atoms with Gasteiger partial charge in [0.2, 0.25) is 11.8 Å². The van der Waals surface area contributed by atoms with Gasteiger partial charge in [-0.1, -0.05) is 23.8 Å². The number of urea groups is 1. The lowest BCUT2D eigenvalue weighted by Crippen LogP contribution is -2.45. The fourth-order valence-corrected chi connectivity index (χ4v) is 3.76. The third kappa shape index (κ3) is 4.36. The van der Waals surface area contributed by atoms with E-state index in [1.807, 2.05) is 31.2 Å². The number of fused-ring (bicyclic) bond motifs is 1. The Labute approximate surface area is 183 Å². The molecule has 0 bridgehead atoms. The fraction of sp³-hybridized carbons (Fsp3) is 0.261. The number of imide groups is 1. The number of rotatable bonds is 4. The molecule has 3 aromatic rings. The van der Waals surface area contributed by atoms with Crippen LogP contribution >= 0.6 is 0 Å². The van der Waals surface area contributed by atoms with Gasteiger partial charge in [0.25, 0.3) is 5.56 Å². The monoisotopic (exact) mass is 433 g/mol. The topological polar surface area (TPSA) is 122 Å². The number of carbonyl (C=O) groups excluding carboxylic acids is 3. The van der Waals surface area contributed by atoms with Crippen molar-refractivity contribution in [1.82, 2.24) is 20.2 Å². The standard InChI is InChI=1S/C23H23N5O4/c1-13-3-6-16(7-4-13)26-23(32)24-12-15-5-8-18-17(11-15)22(31)28(14(2)25-18)19-9-10-20(29)27-21(19)30/h3-8,11,19H,9-10,12H2,1-2H3,(H2,24,26,32)(H,27,29,30). The van der Waals surface area contributed by atoms with Gasteiger partial charge in [0, 0.05) is 18.7 Å². The van der Waals surface area contributed by atoms with Crippen LogP contribution in [-0.4, -0.2) is 27.4 Å². The van der Waals surface area contributed by atoms with Gasteiger partial charge >= 0.3 is 6.03 Å². The average molecular weight is 433 g/mol. The van der Waals surface area contributed by atoms with E-state index in [9.17, 15) is 19.2 Å². The first-order valence-electron chi connectivity index (χ1n) is 10.3. The third-order valence-corrected chi connectivity index (χ3v) is 5.43. The van der Waals surface area contributed by atoms with Crippen molar-refractivity contribution in [3.8, 4) is 0 Å². The summed E-state index contributed by atoms with van der Waals surface area (Å²) in [7, 11) is 0. The third-order valence-electron chi connectivity index (χ3n) is 5.43. The second kappa shape index (κ2) is 8.62. The molecule has 1 saturated heterocycles. The first-order chi connectivity index (χ1) is 15.3. The number of hydrogen-bond acceptors (Lipinski definition) is 5. The van der Waals surface area contributed by atoms with Gasteiger partial charge in [-0.15, -0.1) is 0 Å². The number of amides is 4. The van der Waals surface area contributed by atoms with Crippen LogP contribution < -0.4 is 21.5 Å². The molecule has 1 unspecified atom stereocenters. The summed E-state index contributed by atoms with van der Waals surface area (Å²) in [6.07, 6.45) is 0.416. The zero-order chi connectivity index (χ0) is 22.8. The number of nitrogens with one attached hydrogen (secondary N) is 3. The van der Waals surface area contributed by atoms with Crippen LogP contribution in [0.5, 0.6) is 0 Å². The highest BCUT2D eigenvalue weighted by atomic mass is 16.2. The normalized spacial score (nSPS) is 16.0. The van der Waals surface area contributed by atoms with Gasteiger partial charge < -0.3 is 10.6 Å². The number of benzene rings is 2. The highest BCUT2D eigenvalue weighted by molar-refractivity contribution is 5.99. The summed E-state index contributed by atoms with van der Waals surface area (Å²) in [6, 6.07) is 11.5. The van der Waals surface area contributed by atoms with Crippen LogP contribution in [0.3, 0.4) is 0 Å². The number of nitrogens with zero attached hydrogens (tertiary/aromatic N) is 2. The smallest absolute Gasteiger partial charge is 0.319 e. The summed E-state index contributed by atoms with van der Waals surface area (Å²) >= 11 is 0. The van der Waals surface area contributed by atoms with Crippen molar-refractivity contribution >= 4 is 34.4 Å². The molecule has 1 atom stereocenters. The number of hydrogen-bond donors (Lipinski definition) is 3. The number of anilines is 1. The Hall–Kier alpha value is -4.01. The number of piperidine rings is 1. The SMILES string of the molecule is Cc1ccc(NC(=O)NCc2ccc3nc(C)n(C4CCC(=O)NC4=O)c(=O)c3c2)cc1. The van der Waals surface area contributed by atoms with E-state index in [1.165, 1.54) is 4.57 Å². The molecule has 4 amide bonds. The number of aromatic nitrogens is 2. The summed E-state index contributed by atoms with van der Waals surface area (Å²) in [5.41, 5.74) is 2.64. The zero-order valence-corrected chi connectivity index (χ0v) is 17.8. The highest BCUT2D eigenvalue weighted by Gasteiger charge is 2.30. The van der Waals surface area contributed by atoms with Gasteiger partial charge in [-0.3, -0.25) is 24.3 Å². The minimum absolute atomic E-state index is 0.167. The summed E-state index contributed by atoms with van der Waals surface area (Å²) in [6.45, 7) is 3.84. The van der Waals surface area contributed by atoms with E-state index < -0.39 is 11.9 Å². The molecule has 2 aromatic carbocycles. The minimum Gasteiger partial charge on any atom is -0.334 e. The Morgan fingerprint density at radius 3 is 2.59 bits per heavy atom. The molecular formula is C23H23N5O4. The highest BCUT2D eigenvalue weighted by Crippen LogP contribution is 2.20. The summed E-state index contributed by atoms with van der Waals surface area (Å²) in [5, 5.41) is 8.15. The molecule has 9 heteroatoms. The first-order valence-corrected chi connectivity index (χ1v) is 10.3. The molecule has 0 spiro atoms. The van der Waals surface area contributed by atoms with E-state index in [1.54, 1.807) is 25.1 Å². The molecule has 1 fully saturated rings. The van der Waals surface area contributed by atoms with Crippen molar-refractivity contribution in [1.29, 1.82) is 0 Å². The van der Waals surface area contributed by atoms with Crippen molar-refractivity contribution < 1.29 is 14.4 Å². The van der Waals surface area contributed by atoms with Crippen LogP contribution in [0.25, 0.3) is 10.9 Å². The van der Waals surface area contributed by atoms with Crippen LogP contribution in [0.1, 0.15) is 35.8 Å². The molecule has 0 aliphatic carbocycles. The largest absolute Gasteiger partial charge is 0.334 e. The van der Waals surface area contributed by atoms with Crippen LogP contribution in [0.2, 0.25) is 0 Å². The molecule has 3 N–H and O–H groups in total. The van der Waals surface area contributed by atoms with Crippen molar-refractivity contribution in [2.75, 3.05) is 5.32 Å². The lowest BCUT2D eigenvalue weighted by Gasteiger charge is -2.24. The summed E-state index contributed by atoms with van der Waals surface area (Å²) in [4.78, 5) is 53.6. The molecule has 4 rings (SSSR count).